The van der Waals surface area contributed by atoms with Gasteiger partial charge in [0.2, 0.25) is 0 Å². The van der Waals surface area contributed by atoms with Gasteiger partial charge in [-0.3, -0.25) is 0 Å². The number of aryl methyl sites for hydroxylation is 2. The van der Waals surface area contributed by atoms with Crippen LogP contribution in [0.3, 0.4) is 0 Å². The van der Waals surface area contributed by atoms with Gasteiger partial charge >= 0.3 is 0 Å². The minimum Gasteiger partial charge on any atom is -0.312 e. The van der Waals surface area contributed by atoms with Crippen LogP contribution >= 0.6 is 11.3 Å². The summed E-state index contributed by atoms with van der Waals surface area (Å²) >= 11 is 1.81. The van der Waals surface area contributed by atoms with Crippen molar-refractivity contribution in [3.8, 4) is 0 Å². The van der Waals surface area contributed by atoms with Crippen LogP contribution in [0.15, 0.2) is 5.51 Å². The number of aromatic nitrogens is 1. The van der Waals surface area contributed by atoms with Crippen LogP contribution in [0.5, 0.6) is 0 Å². The second-order valence-electron chi connectivity index (χ2n) is 7.39. The molecule has 0 bridgehead atoms. The van der Waals surface area contributed by atoms with Crippen LogP contribution in [0.2, 0.25) is 0 Å². The molecule has 1 atom stereocenters. The molecule has 1 aliphatic carbocycles. The highest BCUT2D eigenvalue weighted by Crippen LogP contribution is 2.48. The van der Waals surface area contributed by atoms with Crippen molar-refractivity contribution >= 4 is 11.3 Å². The summed E-state index contributed by atoms with van der Waals surface area (Å²) in [6, 6.07) is 0. The fraction of sp³-hybridized carbons (Fsp3) is 0.812. The monoisotopic (exact) mass is 280 g/mol. The quantitative estimate of drug-likeness (QED) is 0.845. The van der Waals surface area contributed by atoms with Crippen molar-refractivity contribution in [3.05, 3.63) is 16.1 Å². The largest absolute Gasteiger partial charge is 0.312 e. The molecule has 2 nitrogen and oxygen atoms in total. The number of nitrogens with one attached hydrogen (secondary N) is 1. The Kier molecular flexibility index (Phi) is 4.36. The number of thiazole rings is 1. The molecule has 1 aromatic heterocycles. The molecular formula is C16H28N2S. The van der Waals surface area contributed by atoms with Gasteiger partial charge in [0.15, 0.2) is 0 Å². The van der Waals surface area contributed by atoms with Gasteiger partial charge in [0, 0.05) is 17.0 Å². The van der Waals surface area contributed by atoms with E-state index in [9.17, 15) is 0 Å². The smallest absolute Gasteiger partial charge is 0.0797 e. The van der Waals surface area contributed by atoms with Gasteiger partial charge in [0.25, 0.3) is 0 Å². The molecule has 108 valence electrons. The van der Waals surface area contributed by atoms with E-state index in [1.54, 1.807) is 0 Å². The van der Waals surface area contributed by atoms with E-state index >= 15 is 0 Å². The maximum atomic E-state index is 4.37. The highest BCUT2D eigenvalue weighted by atomic mass is 32.1. The Hall–Kier alpha value is -0.410. The number of nitrogens with zero attached hydrogens (tertiary/aromatic N) is 1. The van der Waals surface area contributed by atoms with E-state index in [-0.39, 0.29) is 5.54 Å². The summed E-state index contributed by atoms with van der Waals surface area (Å²) < 4.78 is 0. The van der Waals surface area contributed by atoms with Crippen LogP contribution in [0, 0.1) is 18.3 Å². The van der Waals surface area contributed by atoms with E-state index in [1.807, 2.05) is 16.8 Å². The maximum absolute atomic E-state index is 4.37. The van der Waals surface area contributed by atoms with Crippen molar-refractivity contribution < 1.29 is 0 Å². The Morgan fingerprint density at radius 3 is 2.47 bits per heavy atom. The van der Waals surface area contributed by atoms with Crippen LogP contribution in [0.1, 0.15) is 57.5 Å². The third-order valence-electron chi connectivity index (χ3n) is 4.35. The Labute approximate surface area is 122 Å². The molecule has 0 spiro atoms. The maximum Gasteiger partial charge on any atom is 0.0797 e. The second-order valence-corrected chi connectivity index (χ2v) is 8.33. The Morgan fingerprint density at radius 1 is 1.32 bits per heavy atom. The fourth-order valence-corrected chi connectivity index (χ4v) is 3.43. The SMILES string of the molecule is Cc1ncsc1CCC(C)(CNC(C)(C)C)C1CC1. The summed E-state index contributed by atoms with van der Waals surface area (Å²) in [6.07, 6.45) is 5.31. The number of rotatable bonds is 6. The van der Waals surface area contributed by atoms with Crippen LogP contribution in [-0.4, -0.2) is 17.1 Å². The predicted octanol–water partition coefficient (Wildman–Crippen LogP) is 4.19. The van der Waals surface area contributed by atoms with Crippen LogP contribution < -0.4 is 5.32 Å². The minimum atomic E-state index is 0.219. The molecule has 3 heteroatoms. The first kappa shape index (κ1) is 15.0. The third kappa shape index (κ3) is 4.28. The molecule has 1 aliphatic rings. The molecule has 1 N–H and O–H groups in total. The van der Waals surface area contributed by atoms with Crippen molar-refractivity contribution in [2.24, 2.45) is 11.3 Å². The molecule has 1 heterocycles. The van der Waals surface area contributed by atoms with Gasteiger partial charge in [-0.1, -0.05) is 6.92 Å². The van der Waals surface area contributed by atoms with Gasteiger partial charge in [-0.05, 0) is 64.7 Å². The summed E-state index contributed by atoms with van der Waals surface area (Å²) in [4.78, 5) is 5.84. The van der Waals surface area contributed by atoms with Crippen molar-refractivity contribution in [3.63, 3.8) is 0 Å². The van der Waals surface area contributed by atoms with Gasteiger partial charge in [0.1, 0.15) is 0 Å². The molecule has 1 fully saturated rings. The van der Waals surface area contributed by atoms with Gasteiger partial charge in [-0.15, -0.1) is 11.3 Å². The van der Waals surface area contributed by atoms with Crippen molar-refractivity contribution in [1.29, 1.82) is 0 Å². The molecule has 2 rings (SSSR count). The number of hydrogen-bond acceptors (Lipinski definition) is 3. The zero-order chi connectivity index (χ0) is 14.1. The Balaban J connectivity index is 1.93. The zero-order valence-electron chi connectivity index (χ0n) is 13.0. The lowest BCUT2D eigenvalue weighted by Gasteiger charge is -2.34. The van der Waals surface area contributed by atoms with E-state index in [2.05, 4.69) is 44.9 Å². The Morgan fingerprint density at radius 2 is 2.00 bits per heavy atom. The molecule has 0 saturated heterocycles. The molecule has 0 aliphatic heterocycles. The van der Waals surface area contributed by atoms with E-state index in [4.69, 9.17) is 0 Å². The number of hydrogen-bond donors (Lipinski definition) is 1. The summed E-state index contributed by atoms with van der Waals surface area (Å²) in [5.41, 5.74) is 3.87. The van der Waals surface area contributed by atoms with Gasteiger partial charge in [-0.25, -0.2) is 4.98 Å². The third-order valence-corrected chi connectivity index (χ3v) is 5.35. The molecule has 1 unspecified atom stereocenters. The molecule has 1 saturated carbocycles. The van der Waals surface area contributed by atoms with Crippen LogP contribution in [-0.2, 0) is 6.42 Å². The average molecular weight is 280 g/mol. The molecular weight excluding hydrogens is 252 g/mol. The summed E-state index contributed by atoms with van der Waals surface area (Å²) in [7, 11) is 0. The molecule has 0 aromatic carbocycles. The topological polar surface area (TPSA) is 24.9 Å². The molecule has 0 amide bonds. The summed E-state index contributed by atoms with van der Waals surface area (Å²) in [5, 5.41) is 3.72. The van der Waals surface area contributed by atoms with Crippen molar-refractivity contribution in [2.45, 2.75) is 65.8 Å². The second kappa shape index (κ2) is 5.53. The molecule has 0 radical (unpaired) electrons. The highest BCUT2D eigenvalue weighted by molar-refractivity contribution is 7.09. The first-order chi connectivity index (χ1) is 8.80. The van der Waals surface area contributed by atoms with Crippen molar-refractivity contribution in [2.75, 3.05) is 6.54 Å². The molecule has 19 heavy (non-hydrogen) atoms. The lowest BCUT2D eigenvalue weighted by atomic mass is 9.79. The van der Waals surface area contributed by atoms with Crippen molar-refractivity contribution in [1.82, 2.24) is 10.3 Å². The predicted molar refractivity (Wildman–Crippen MR) is 83.8 cm³/mol. The first-order valence-electron chi connectivity index (χ1n) is 7.44. The molecule has 1 aromatic rings. The van der Waals surface area contributed by atoms with E-state index < -0.39 is 0 Å². The Bertz CT molecular complexity index is 415. The standard InChI is InChI=1S/C16H28N2S/c1-12-14(19-11-17-12)8-9-16(5,13-6-7-13)10-18-15(2,3)4/h11,13,18H,6-10H2,1-5H3. The minimum absolute atomic E-state index is 0.219. The summed E-state index contributed by atoms with van der Waals surface area (Å²) in [5.74, 6) is 0.926. The lowest BCUT2D eigenvalue weighted by molar-refractivity contribution is 0.213. The zero-order valence-corrected chi connectivity index (χ0v) is 13.9. The summed E-state index contributed by atoms with van der Waals surface area (Å²) in [6.45, 7) is 12.5. The van der Waals surface area contributed by atoms with Crippen LogP contribution in [0.25, 0.3) is 0 Å². The first-order valence-corrected chi connectivity index (χ1v) is 8.32. The highest BCUT2D eigenvalue weighted by Gasteiger charge is 2.41. The fourth-order valence-electron chi connectivity index (χ4n) is 2.65. The van der Waals surface area contributed by atoms with Gasteiger partial charge < -0.3 is 5.32 Å². The van der Waals surface area contributed by atoms with E-state index in [0.29, 0.717) is 5.41 Å². The lowest BCUT2D eigenvalue weighted by Crippen LogP contribution is -2.44. The van der Waals surface area contributed by atoms with E-state index in [1.165, 1.54) is 36.3 Å². The van der Waals surface area contributed by atoms with E-state index in [0.717, 1.165) is 12.5 Å². The normalized spacial score (nSPS) is 19.4. The van der Waals surface area contributed by atoms with Gasteiger partial charge in [-0.2, -0.15) is 0 Å². The van der Waals surface area contributed by atoms with Crippen LogP contribution in [0.4, 0.5) is 0 Å². The van der Waals surface area contributed by atoms with Gasteiger partial charge in [0.05, 0.1) is 11.2 Å². The average Bonchev–Trinajstić information content (AvgIpc) is 3.08.